The van der Waals surface area contributed by atoms with Gasteiger partial charge in [0.25, 0.3) is 0 Å². The minimum Gasteiger partial charge on any atom is -0.394 e. The third-order valence-corrected chi connectivity index (χ3v) is 3.95. The molecule has 11 nitrogen and oxygen atoms in total. The number of phosphoric acid groups is 1. The average Bonchev–Trinajstić information content (AvgIpc) is 2.45. The Labute approximate surface area is 119 Å². The molecule has 1 fully saturated rings. The maximum Gasteiger partial charge on any atom is 0.472 e. The van der Waals surface area contributed by atoms with Gasteiger partial charge in [-0.2, -0.15) is 0 Å². The number of hydrogen-bond donors (Lipinski definition) is 8. The molecule has 8 N–H and O–H groups in total. The highest BCUT2D eigenvalue weighted by Crippen LogP contribution is 2.46. The first-order valence-electron chi connectivity index (χ1n) is 5.95. The molecular formula is C9H19O11P. The molecule has 21 heavy (non-hydrogen) atoms. The molecule has 1 saturated carbocycles. The van der Waals surface area contributed by atoms with Crippen LogP contribution in [-0.2, 0) is 13.6 Å². The molecule has 0 radical (unpaired) electrons. The van der Waals surface area contributed by atoms with Crippen molar-refractivity contribution in [2.75, 3.05) is 13.2 Å². The Balaban J connectivity index is 2.72. The van der Waals surface area contributed by atoms with Crippen LogP contribution in [0.25, 0.3) is 0 Å². The standard InChI is InChI=1S/C9H19O11P/c10-1-3(11)2-19-21(17,18)20-9-7(15)5(13)4(12)6(14)8(9)16/h3-16H,1-2H2,(H,17,18)/t3-,4?,5?,6?,7?,8?,9?/m0/s1. The van der Waals surface area contributed by atoms with Crippen molar-refractivity contribution in [1.82, 2.24) is 0 Å². The van der Waals surface area contributed by atoms with E-state index in [1.807, 2.05) is 0 Å². The van der Waals surface area contributed by atoms with Gasteiger partial charge in [0.1, 0.15) is 42.7 Å². The Kier molecular flexibility index (Phi) is 6.65. The molecule has 0 aromatic rings. The van der Waals surface area contributed by atoms with Crippen molar-refractivity contribution in [3.05, 3.63) is 0 Å². The van der Waals surface area contributed by atoms with Crippen molar-refractivity contribution in [2.24, 2.45) is 0 Å². The zero-order chi connectivity index (χ0) is 16.4. The molecule has 1 aliphatic rings. The minimum atomic E-state index is -4.87. The van der Waals surface area contributed by atoms with Crippen LogP contribution in [0.5, 0.6) is 0 Å². The highest BCUT2D eigenvalue weighted by molar-refractivity contribution is 7.47. The maximum absolute atomic E-state index is 11.6. The quantitative estimate of drug-likeness (QED) is 0.218. The molecule has 0 aromatic carbocycles. The number of rotatable bonds is 6. The lowest BCUT2D eigenvalue weighted by molar-refractivity contribution is -0.220. The zero-order valence-corrected chi connectivity index (χ0v) is 11.6. The Morgan fingerprint density at radius 1 is 0.952 bits per heavy atom. The number of phosphoric ester groups is 1. The smallest absolute Gasteiger partial charge is 0.394 e. The topological polar surface area (TPSA) is 197 Å². The van der Waals surface area contributed by atoms with Gasteiger partial charge >= 0.3 is 7.82 Å². The molecule has 1 aliphatic carbocycles. The summed E-state index contributed by atoms with van der Waals surface area (Å²) in [6, 6.07) is 0. The summed E-state index contributed by atoms with van der Waals surface area (Å²) in [6.45, 7) is -1.50. The summed E-state index contributed by atoms with van der Waals surface area (Å²) in [6.07, 6.45) is -13.0. The monoisotopic (exact) mass is 334 g/mol. The maximum atomic E-state index is 11.6. The van der Waals surface area contributed by atoms with E-state index in [2.05, 4.69) is 9.05 Å². The van der Waals surface area contributed by atoms with Gasteiger partial charge in [0, 0.05) is 0 Å². The molecule has 6 atom stereocenters. The fourth-order valence-electron chi connectivity index (χ4n) is 1.74. The van der Waals surface area contributed by atoms with Crippen LogP contribution in [0.1, 0.15) is 0 Å². The highest BCUT2D eigenvalue weighted by Gasteiger charge is 2.51. The van der Waals surface area contributed by atoms with Gasteiger partial charge in [-0.1, -0.05) is 0 Å². The van der Waals surface area contributed by atoms with Crippen molar-refractivity contribution >= 4 is 7.82 Å². The lowest BCUT2D eigenvalue weighted by Crippen LogP contribution is -2.64. The summed E-state index contributed by atoms with van der Waals surface area (Å²) in [5, 5.41) is 64.8. The van der Waals surface area contributed by atoms with Crippen molar-refractivity contribution < 1.29 is 54.3 Å². The molecule has 0 amide bonds. The van der Waals surface area contributed by atoms with Gasteiger partial charge in [-0.3, -0.25) is 9.05 Å². The van der Waals surface area contributed by atoms with Gasteiger partial charge in [-0.05, 0) is 0 Å². The summed E-state index contributed by atoms with van der Waals surface area (Å²) < 4.78 is 20.3. The Bertz CT molecular complexity index is 363. The number of aliphatic hydroxyl groups is 7. The molecule has 126 valence electrons. The van der Waals surface area contributed by atoms with Crippen molar-refractivity contribution in [2.45, 2.75) is 42.7 Å². The second-order valence-electron chi connectivity index (χ2n) is 4.62. The van der Waals surface area contributed by atoms with Crippen LogP contribution in [0.2, 0.25) is 0 Å². The summed E-state index contributed by atoms with van der Waals surface area (Å²) >= 11 is 0. The third-order valence-electron chi connectivity index (χ3n) is 2.97. The molecule has 5 unspecified atom stereocenters. The largest absolute Gasteiger partial charge is 0.472 e. The van der Waals surface area contributed by atoms with Crippen molar-refractivity contribution in [3.63, 3.8) is 0 Å². The van der Waals surface area contributed by atoms with E-state index in [-0.39, 0.29) is 0 Å². The first kappa shape index (κ1) is 18.9. The highest BCUT2D eigenvalue weighted by atomic mass is 31.2. The van der Waals surface area contributed by atoms with Crippen molar-refractivity contribution in [3.8, 4) is 0 Å². The van der Waals surface area contributed by atoms with E-state index in [1.54, 1.807) is 0 Å². The molecule has 0 saturated heterocycles. The lowest BCUT2D eigenvalue weighted by Gasteiger charge is -2.41. The first-order chi connectivity index (χ1) is 9.60. The van der Waals surface area contributed by atoms with Crippen LogP contribution >= 0.6 is 7.82 Å². The second kappa shape index (κ2) is 7.40. The van der Waals surface area contributed by atoms with E-state index in [0.717, 1.165) is 0 Å². The number of hydrogen-bond acceptors (Lipinski definition) is 10. The van der Waals surface area contributed by atoms with Gasteiger partial charge in [-0.15, -0.1) is 0 Å². The summed E-state index contributed by atoms with van der Waals surface area (Å²) in [5.41, 5.74) is 0. The van der Waals surface area contributed by atoms with Crippen LogP contribution in [-0.4, -0.2) is 96.6 Å². The lowest BCUT2D eigenvalue weighted by atomic mass is 9.85. The van der Waals surface area contributed by atoms with E-state index in [1.165, 1.54) is 0 Å². The minimum absolute atomic E-state index is 0.738. The Morgan fingerprint density at radius 2 is 1.38 bits per heavy atom. The van der Waals surface area contributed by atoms with Gasteiger partial charge < -0.3 is 40.6 Å². The number of aliphatic hydroxyl groups excluding tert-OH is 7. The zero-order valence-electron chi connectivity index (χ0n) is 10.7. The summed E-state index contributed by atoms with van der Waals surface area (Å²) in [4.78, 5) is 9.36. The molecule has 0 heterocycles. The van der Waals surface area contributed by atoms with Crippen LogP contribution in [0, 0.1) is 0 Å². The molecule has 12 heteroatoms. The van der Waals surface area contributed by atoms with Crippen LogP contribution in [0.4, 0.5) is 0 Å². The van der Waals surface area contributed by atoms with E-state index in [4.69, 9.17) is 10.2 Å². The van der Waals surface area contributed by atoms with Crippen LogP contribution < -0.4 is 0 Å². The Morgan fingerprint density at radius 3 is 1.81 bits per heavy atom. The molecule has 0 spiro atoms. The summed E-state index contributed by atoms with van der Waals surface area (Å²) in [7, 11) is -4.87. The molecule has 0 aromatic heterocycles. The van der Waals surface area contributed by atoms with Gasteiger partial charge in [0.15, 0.2) is 0 Å². The van der Waals surface area contributed by atoms with E-state index < -0.39 is 63.8 Å². The molecule has 0 aliphatic heterocycles. The van der Waals surface area contributed by atoms with Gasteiger partial charge in [-0.25, -0.2) is 4.57 Å². The van der Waals surface area contributed by atoms with E-state index in [9.17, 15) is 35.0 Å². The van der Waals surface area contributed by atoms with Gasteiger partial charge in [0.2, 0.25) is 0 Å². The molecular weight excluding hydrogens is 315 g/mol. The normalized spacial score (nSPS) is 41.5. The van der Waals surface area contributed by atoms with Gasteiger partial charge in [0.05, 0.1) is 13.2 Å². The predicted molar refractivity (Wildman–Crippen MR) is 63.8 cm³/mol. The van der Waals surface area contributed by atoms with E-state index >= 15 is 0 Å². The van der Waals surface area contributed by atoms with Crippen LogP contribution in [0.3, 0.4) is 0 Å². The average molecular weight is 334 g/mol. The molecule has 1 rings (SSSR count). The first-order valence-corrected chi connectivity index (χ1v) is 7.45. The molecule has 0 bridgehead atoms. The second-order valence-corrected chi connectivity index (χ2v) is 6.03. The SMILES string of the molecule is O=P(O)(OC[C@@H](O)CO)OC1C(O)C(O)C(O)C(O)C1O. The summed E-state index contributed by atoms with van der Waals surface area (Å²) in [5.74, 6) is 0. The van der Waals surface area contributed by atoms with E-state index in [0.29, 0.717) is 0 Å². The third kappa shape index (κ3) is 4.65. The predicted octanol–water partition coefficient (Wildman–Crippen LogP) is -4.34. The Hall–Kier alpha value is -0.170. The van der Waals surface area contributed by atoms with Crippen molar-refractivity contribution in [1.29, 1.82) is 0 Å². The fourth-order valence-corrected chi connectivity index (χ4v) is 2.72. The fraction of sp³-hybridized carbons (Fsp3) is 1.00. The van der Waals surface area contributed by atoms with Crippen LogP contribution in [0.15, 0.2) is 0 Å².